The van der Waals surface area contributed by atoms with Crippen LogP contribution in [0.25, 0.3) is 0 Å². The van der Waals surface area contributed by atoms with Gasteiger partial charge in [-0.05, 0) is 12.3 Å². The molecule has 0 saturated heterocycles. The third-order valence-electron chi connectivity index (χ3n) is 2.03. The van der Waals surface area contributed by atoms with Crippen molar-refractivity contribution in [3.8, 4) is 0 Å². The maximum absolute atomic E-state index is 11.2. The summed E-state index contributed by atoms with van der Waals surface area (Å²) in [6, 6.07) is -0.459. The molecule has 0 heterocycles. The Hall–Kier alpha value is -0.610. The number of carbonyl (C=O) groups is 1. The van der Waals surface area contributed by atoms with E-state index in [-0.39, 0.29) is 18.4 Å². The fourth-order valence-corrected chi connectivity index (χ4v) is 0.757. The molecule has 13 heavy (non-hydrogen) atoms. The molecule has 0 aromatic heterocycles. The molecule has 0 spiro atoms. The molecular weight excluding hydrogens is 168 g/mol. The zero-order valence-electron chi connectivity index (χ0n) is 8.58. The highest BCUT2D eigenvalue weighted by Crippen LogP contribution is 1.98. The zero-order chi connectivity index (χ0) is 10.4. The van der Waals surface area contributed by atoms with E-state index in [4.69, 9.17) is 5.73 Å². The molecular formula is C9H20N2O2. The molecule has 4 heteroatoms. The lowest BCUT2D eigenvalue weighted by atomic mass is 10.1. The van der Waals surface area contributed by atoms with Crippen molar-refractivity contribution < 1.29 is 9.90 Å². The number of hydrogen-bond acceptors (Lipinski definition) is 3. The number of rotatable bonds is 5. The molecule has 4 N–H and O–H groups in total. The van der Waals surface area contributed by atoms with Gasteiger partial charge in [0.15, 0.2) is 0 Å². The van der Waals surface area contributed by atoms with Gasteiger partial charge >= 0.3 is 0 Å². The summed E-state index contributed by atoms with van der Waals surface area (Å²) >= 11 is 0. The highest BCUT2D eigenvalue weighted by molar-refractivity contribution is 5.81. The van der Waals surface area contributed by atoms with Gasteiger partial charge in [-0.2, -0.15) is 0 Å². The van der Waals surface area contributed by atoms with E-state index in [1.807, 2.05) is 20.8 Å². The van der Waals surface area contributed by atoms with Gasteiger partial charge in [0.05, 0.1) is 12.1 Å². The largest absolute Gasteiger partial charge is 0.391 e. The molecule has 4 nitrogen and oxygen atoms in total. The Morgan fingerprint density at radius 2 is 2.08 bits per heavy atom. The number of nitrogens with one attached hydrogen (secondary N) is 1. The minimum absolute atomic E-state index is 0.151. The Kier molecular flexibility index (Phi) is 5.66. The highest BCUT2D eigenvalue weighted by Gasteiger charge is 2.14. The summed E-state index contributed by atoms with van der Waals surface area (Å²) in [4.78, 5) is 11.2. The van der Waals surface area contributed by atoms with Crippen LogP contribution in [0.3, 0.4) is 0 Å². The molecule has 0 fully saturated rings. The molecule has 0 aromatic carbocycles. The number of aliphatic hydroxyl groups is 1. The van der Waals surface area contributed by atoms with Crippen molar-refractivity contribution in [1.82, 2.24) is 5.32 Å². The van der Waals surface area contributed by atoms with Crippen LogP contribution in [0.4, 0.5) is 0 Å². The number of amides is 1. The third-order valence-corrected chi connectivity index (χ3v) is 2.03. The van der Waals surface area contributed by atoms with Gasteiger partial charge in [0, 0.05) is 6.54 Å². The second-order valence-corrected chi connectivity index (χ2v) is 3.57. The van der Waals surface area contributed by atoms with Crippen molar-refractivity contribution in [3.63, 3.8) is 0 Å². The summed E-state index contributed by atoms with van der Waals surface area (Å²) in [5, 5.41) is 12.0. The summed E-state index contributed by atoms with van der Waals surface area (Å²) < 4.78 is 0. The highest BCUT2D eigenvalue weighted by atomic mass is 16.3. The van der Waals surface area contributed by atoms with Crippen molar-refractivity contribution >= 4 is 5.91 Å². The summed E-state index contributed by atoms with van der Waals surface area (Å²) in [6.45, 7) is 5.93. The van der Waals surface area contributed by atoms with E-state index < -0.39 is 12.1 Å². The van der Waals surface area contributed by atoms with Crippen molar-refractivity contribution in [1.29, 1.82) is 0 Å². The molecule has 0 bridgehead atoms. The lowest BCUT2D eigenvalue weighted by Crippen LogP contribution is -2.43. The molecule has 0 saturated carbocycles. The smallest absolute Gasteiger partial charge is 0.236 e. The Morgan fingerprint density at radius 1 is 1.54 bits per heavy atom. The lowest BCUT2D eigenvalue weighted by Gasteiger charge is -2.16. The normalized spacial score (nSPS) is 15.5. The van der Waals surface area contributed by atoms with Gasteiger partial charge in [-0.1, -0.05) is 20.8 Å². The predicted octanol–water partition coefficient (Wildman–Crippen LogP) is -0.143. The molecule has 0 aliphatic rings. The lowest BCUT2D eigenvalue weighted by molar-refractivity contribution is -0.123. The monoisotopic (exact) mass is 188 g/mol. The topological polar surface area (TPSA) is 75.4 Å². The van der Waals surface area contributed by atoms with Crippen molar-refractivity contribution in [2.24, 2.45) is 11.7 Å². The van der Waals surface area contributed by atoms with E-state index in [9.17, 15) is 9.90 Å². The van der Waals surface area contributed by atoms with Crippen LogP contribution in [0.2, 0.25) is 0 Å². The Labute approximate surface area is 79.5 Å². The van der Waals surface area contributed by atoms with Gasteiger partial charge in [0.2, 0.25) is 5.91 Å². The first-order chi connectivity index (χ1) is 5.99. The van der Waals surface area contributed by atoms with E-state index in [2.05, 4.69) is 5.32 Å². The van der Waals surface area contributed by atoms with Crippen LogP contribution < -0.4 is 11.1 Å². The summed E-state index contributed by atoms with van der Waals surface area (Å²) in [6.07, 6.45) is 0.122. The predicted molar refractivity (Wildman–Crippen MR) is 52.1 cm³/mol. The van der Waals surface area contributed by atoms with Crippen molar-refractivity contribution in [3.05, 3.63) is 0 Å². The molecule has 0 aliphatic heterocycles. The second kappa shape index (κ2) is 5.94. The Morgan fingerprint density at radius 3 is 2.46 bits per heavy atom. The molecule has 78 valence electrons. The van der Waals surface area contributed by atoms with Gasteiger partial charge in [0.25, 0.3) is 0 Å². The average Bonchev–Trinajstić information content (AvgIpc) is 2.11. The van der Waals surface area contributed by atoms with Crippen LogP contribution in [-0.4, -0.2) is 29.7 Å². The molecule has 0 radical (unpaired) electrons. The summed E-state index contributed by atoms with van der Waals surface area (Å²) in [5.74, 6) is -0.0413. The van der Waals surface area contributed by atoms with E-state index in [1.165, 1.54) is 0 Å². The third kappa shape index (κ3) is 4.85. The van der Waals surface area contributed by atoms with Gasteiger partial charge < -0.3 is 16.2 Å². The van der Waals surface area contributed by atoms with Crippen LogP contribution in [0.15, 0.2) is 0 Å². The van der Waals surface area contributed by atoms with E-state index >= 15 is 0 Å². The SMILES string of the molecule is CC[C@H](N)C(=O)NCC(O)C(C)C. The number of aliphatic hydroxyl groups excluding tert-OH is 1. The Bertz CT molecular complexity index is 160. The average molecular weight is 188 g/mol. The molecule has 1 unspecified atom stereocenters. The van der Waals surface area contributed by atoms with Crippen LogP contribution in [-0.2, 0) is 4.79 Å². The zero-order valence-corrected chi connectivity index (χ0v) is 8.58. The van der Waals surface area contributed by atoms with Crippen molar-refractivity contribution in [2.45, 2.75) is 39.3 Å². The van der Waals surface area contributed by atoms with Gasteiger partial charge in [-0.25, -0.2) is 0 Å². The van der Waals surface area contributed by atoms with Crippen LogP contribution in [0, 0.1) is 5.92 Å². The van der Waals surface area contributed by atoms with Crippen LogP contribution in [0.1, 0.15) is 27.2 Å². The molecule has 1 amide bonds. The maximum atomic E-state index is 11.2. The standard InChI is InChI=1S/C9H20N2O2/c1-4-7(10)9(13)11-5-8(12)6(2)3/h6-8,12H,4-5,10H2,1-3H3,(H,11,13)/t7-,8?/m0/s1. The number of hydrogen-bond donors (Lipinski definition) is 3. The maximum Gasteiger partial charge on any atom is 0.236 e. The summed E-state index contributed by atoms with van der Waals surface area (Å²) in [5.41, 5.74) is 5.49. The molecule has 2 atom stereocenters. The Balaban J connectivity index is 3.70. The molecule has 0 aliphatic carbocycles. The van der Waals surface area contributed by atoms with Crippen LogP contribution >= 0.6 is 0 Å². The van der Waals surface area contributed by atoms with Gasteiger partial charge in [-0.3, -0.25) is 4.79 Å². The first-order valence-electron chi connectivity index (χ1n) is 4.70. The van der Waals surface area contributed by atoms with Gasteiger partial charge in [-0.15, -0.1) is 0 Å². The number of nitrogens with two attached hydrogens (primary N) is 1. The fourth-order valence-electron chi connectivity index (χ4n) is 0.757. The van der Waals surface area contributed by atoms with E-state index in [0.29, 0.717) is 6.42 Å². The second-order valence-electron chi connectivity index (χ2n) is 3.57. The quantitative estimate of drug-likeness (QED) is 0.562. The van der Waals surface area contributed by atoms with E-state index in [0.717, 1.165) is 0 Å². The fraction of sp³-hybridized carbons (Fsp3) is 0.889. The number of carbonyl (C=O) groups excluding carboxylic acids is 1. The summed E-state index contributed by atoms with van der Waals surface area (Å²) in [7, 11) is 0. The minimum atomic E-state index is -0.493. The van der Waals surface area contributed by atoms with Gasteiger partial charge in [0.1, 0.15) is 0 Å². The molecule has 0 rings (SSSR count). The first kappa shape index (κ1) is 12.4. The van der Waals surface area contributed by atoms with Crippen LogP contribution in [0.5, 0.6) is 0 Å². The minimum Gasteiger partial charge on any atom is -0.391 e. The molecule has 0 aromatic rings. The first-order valence-corrected chi connectivity index (χ1v) is 4.70. The van der Waals surface area contributed by atoms with Crippen molar-refractivity contribution in [2.75, 3.05) is 6.54 Å². The van der Waals surface area contributed by atoms with E-state index in [1.54, 1.807) is 0 Å².